The zero-order chi connectivity index (χ0) is 20.3. The Kier molecular flexibility index (Phi) is 6.26. The molecule has 2 aliphatic heterocycles. The first-order chi connectivity index (χ1) is 14.0. The number of ether oxygens (including phenoxy) is 2. The molecule has 2 fully saturated rings. The average molecular weight is 424 g/mol. The number of nitrogens with one attached hydrogen (secondary N) is 1. The van der Waals surface area contributed by atoms with E-state index in [0.29, 0.717) is 69.9 Å². The van der Waals surface area contributed by atoms with Crippen LogP contribution in [0.1, 0.15) is 32.1 Å². The normalized spacial score (nSPS) is 21.2. The summed E-state index contributed by atoms with van der Waals surface area (Å²) in [5.74, 6) is 1.16. The number of sulfonamides is 1. The largest absolute Gasteiger partial charge is 0.486 e. The number of hydrogen-bond donors (Lipinski definition) is 1. The number of carbonyl (C=O) groups is 1. The van der Waals surface area contributed by atoms with Crippen LogP contribution in [0.2, 0.25) is 0 Å². The maximum atomic E-state index is 13.0. The Bertz CT molecular complexity index is 831. The molecule has 0 bridgehead atoms. The standard InChI is InChI=1S/C20H29N3O5S/c24-20(21-16-3-1-2-4-16)7-8-22-9-11-23(12-10-22)29(25,26)17-5-6-18-19(15-17)28-14-13-27-18/h5-6,15-16H,1-4,7-14H2,(H,21,24). The smallest absolute Gasteiger partial charge is 0.243 e. The highest BCUT2D eigenvalue weighted by Gasteiger charge is 2.30. The first-order valence-electron chi connectivity index (χ1n) is 10.4. The van der Waals surface area contributed by atoms with E-state index in [2.05, 4.69) is 10.2 Å². The van der Waals surface area contributed by atoms with Gasteiger partial charge in [0.1, 0.15) is 13.2 Å². The fourth-order valence-electron chi connectivity index (χ4n) is 4.16. The minimum absolute atomic E-state index is 0.100. The molecular formula is C20H29N3O5S. The lowest BCUT2D eigenvalue weighted by Gasteiger charge is -2.34. The van der Waals surface area contributed by atoms with Crippen LogP contribution in [0.15, 0.2) is 23.1 Å². The van der Waals surface area contributed by atoms with Crippen molar-refractivity contribution < 1.29 is 22.7 Å². The monoisotopic (exact) mass is 423 g/mol. The molecule has 0 radical (unpaired) electrons. The second-order valence-corrected chi connectivity index (χ2v) is 9.79. The SMILES string of the molecule is O=C(CCN1CCN(S(=O)(=O)c2ccc3c(c2)OCCO3)CC1)NC1CCCC1. The third kappa shape index (κ3) is 4.84. The Morgan fingerprint density at radius 1 is 1.03 bits per heavy atom. The number of amides is 1. The molecule has 1 N–H and O–H groups in total. The van der Waals surface area contributed by atoms with Gasteiger partial charge in [0.25, 0.3) is 0 Å². The van der Waals surface area contributed by atoms with Gasteiger partial charge in [0.2, 0.25) is 15.9 Å². The number of carbonyl (C=O) groups excluding carboxylic acids is 1. The predicted octanol–water partition coefficient (Wildman–Crippen LogP) is 1.21. The number of rotatable bonds is 6. The summed E-state index contributed by atoms with van der Waals surface area (Å²) in [7, 11) is -3.57. The van der Waals surface area contributed by atoms with Crippen LogP contribution < -0.4 is 14.8 Å². The highest BCUT2D eigenvalue weighted by atomic mass is 32.2. The Hall–Kier alpha value is -1.84. The van der Waals surface area contributed by atoms with Gasteiger partial charge < -0.3 is 19.7 Å². The minimum Gasteiger partial charge on any atom is -0.486 e. The van der Waals surface area contributed by atoms with E-state index >= 15 is 0 Å². The highest BCUT2D eigenvalue weighted by Crippen LogP contribution is 2.33. The van der Waals surface area contributed by atoms with Gasteiger partial charge in [-0.3, -0.25) is 4.79 Å². The van der Waals surface area contributed by atoms with E-state index in [1.165, 1.54) is 17.1 Å². The zero-order valence-electron chi connectivity index (χ0n) is 16.6. The molecule has 0 aromatic heterocycles. The van der Waals surface area contributed by atoms with E-state index in [1.54, 1.807) is 18.2 Å². The van der Waals surface area contributed by atoms with Gasteiger partial charge in [-0.05, 0) is 25.0 Å². The van der Waals surface area contributed by atoms with Crippen LogP contribution >= 0.6 is 0 Å². The first kappa shape index (κ1) is 20.4. The summed E-state index contributed by atoms with van der Waals surface area (Å²) in [6, 6.07) is 5.11. The summed E-state index contributed by atoms with van der Waals surface area (Å²) < 4.78 is 38.5. The van der Waals surface area contributed by atoms with Crippen molar-refractivity contribution in [2.45, 2.75) is 43.0 Å². The van der Waals surface area contributed by atoms with Crippen LogP contribution in [-0.4, -0.2) is 75.5 Å². The summed E-state index contributed by atoms with van der Waals surface area (Å²) in [5, 5.41) is 3.10. The molecule has 0 atom stereocenters. The van der Waals surface area contributed by atoms with Crippen molar-refractivity contribution in [3.8, 4) is 11.5 Å². The third-order valence-corrected chi connectivity index (χ3v) is 7.75. The maximum absolute atomic E-state index is 13.0. The fraction of sp³-hybridized carbons (Fsp3) is 0.650. The topological polar surface area (TPSA) is 88.2 Å². The van der Waals surface area contributed by atoms with E-state index in [-0.39, 0.29) is 10.8 Å². The molecule has 0 unspecified atom stereocenters. The third-order valence-electron chi connectivity index (χ3n) is 5.86. The van der Waals surface area contributed by atoms with Crippen molar-refractivity contribution in [1.82, 2.24) is 14.5 Å². The molecule has 2 heterocycles. The van der Waals surface area contributed by atoms with Gasteiger partial charge in [-0.15, -0.1) is 0 Å². The first-order valence-corrected chi connectivity index (χ1v) is 11.9. The number of nitrogens with zero attached hydrogens (tertiary/aromatic N) is 2. The van der Waals surface area contributed by atoms with Crippen LogP contribution in [0.4, 0.5) is 0 Å². The van der Waals surface area contributed by atoms with E-state index in [9.17, 15) is 13.2 Å². The number of benzene rings is 1. The number of fused-ring (bicyclic) bond motifs is 1. The minimum atomic E-state index is -3.57. The van der Waals surface area contributed by atoms with Crippen LogP contribution in [0, 0.1) is 0 Å². The Labute approximate surface area is 172 Å². The Balaban J connectivity index is 1.28. The van der Waals surface area contributed by atoms with Crippen molar-refractivity contribution in [2.75, 3.05) is 45.9 Å². The Morgan fingerprint density at radius 3 is 2.45 bits per heavy atom. The van der Waals surface area contributed by atoms with E-state index < -0.39 is 10.0 Å². The van der Waals surface area contributed by atoms with Gasteiger partial charge in [0.05, 0.1) is 4.90 Å². The number of piperazine rings is 1. The van der Waals surface area contributed by atoms with Crippen LogP contribution in [-0.2, 0) is 14.8 Å². The molecular weight excluding hydrogens is 394 g/mol. The summed E-state index contributed by atoms with van der Waals surface area (Å²) >= 11 is 0. The van der Waals surface area contributed by atoms with Crippen molar-refractivity contribution in [3.05, 3.63) is 18.2 Å². The molecule has 1 saturated carbocycles. The van der Waals surface area contributed by atoms with Crippen molar-refractivity contribution in [2.24, 2.45) is 0 Å². The fourth-order valence-corrected chi connectivity index (χ4v) is 5.59. The molecule has 3 aliphatic rings. The Morgan fingerprint density at radius 2 is 1.72 bits per heavy atom. The second kappa shape index (κ2) is 8.89. The summed E-state index contributed by atoms with van der Waals surface area (Å²) in [5.41, 5.74) is 0. The quantitative estimate of drug-likeness (QED) is 0.740. The number of hydrogen-bond acceptors (Lipinski definition) is 6. The summed E-state index contributed by atoms with van der Waals surface area (Å²) in [6.45, 7) is 3.64. The van der Waals surface area contributed by atoms with E-state index in [4.69, 9.17) is 9.47 Å². The molecule has 4 rings (SSSR count). The lowest BCUT2D eigenvalue weighted by atomic mass is 10.2. The molecule has 1 saturated heterocycles. The van der Waals surface area contributed by atoms with Gasteiger partial charge in [0.15, 0.2) is 11.5 Å². The molecule has 1 aromatic carbocycles. The maximum Gasteiger partial charge on any atom is 0.243 e. The molecule has 1 aromatic rings. The molecule has 29 heavy (non-hydrogen) atoms. The molecule has 8 nitrogen and oxygen atoms in total. The van der Waals surface area contributed by atoms with Crippen LogP contribution in [0.25, 0.3) is 0 Å². The van der Waals surface area contributed by atoms with Crippen LogP contribution in [0.5, 0.6) is 11.5 Å². The van der Waals surface area contributed by atoms with Gasteiger partial charge in [-0.25, -0.2) is 8.42 Å². The molecule has 9 heteroatoms. The van der Waals surface area contributed by atoms with E-state index in [0.717, 1.165) is 12.8 Å². The average Bonchev–Trinajstić information content (AvgIpc) is 3.25. The van der Waals surface area contributed by atoms with Gasteiger partial charge in [-0.1, -0.05) is 12.8 Å². The lowest BCUT2D eigenvalue weighted by molar-refractivity contribution is -0.122. The highest BCUT2D eigenvalue weighted by molar-refractivity contribution is 7.89. The van der Waals surface area contributed by atoms with Crippen molar-refractivity contribution >= 4 is 15.9 Å². The molecule has 0 spiro atoms. The molecule has 160 valence electrons. The van der Waals surface area contributed by atoms with Gasteiger partial charge in [0, 0.05) is 51.3 Å². The summed E-state index contributed by atoms with van der Waals surface area (Å²) in [6.07, 6.45) is 5.03. The van der Waals surface area contributed by atoms with Crippen molar-refractivity contribution in [1.29, 1.82) is 0 Å². The molecule has 1 amide bonds. The zero-order valence-corrected chi connectivity index (χ0v) is 17.5. The second-order valence-electron chi connectivity index (χ2n) is 7.85. The lowest BCUT2D eigenvalue weighted by Crippen LogP contribution is -2.49. The van der Waals surface area contributed by atoms with E-state index in [1.807, 2.05) is 0 Å². The van der Waals surface area contributed by atoms with Crippen molar-refractivity contribution in [3.63, 3.8) is 0 Å². The predicted molar refractivity (Wildman–Crippen MR) is 108 cm³/mol. The van der Waals surface area contributed by atoms with Gasteiger partial charge in [-0.2, -0.15) is 4.31 Å². The van der Waals surface area contributed by atoms with Gasteiger partial charge >= 0.3 is 0 Å². The molecule has 1 aliphatic carbocycles. The van der Waals surface area contributed by atoms with Crippen LogP contribution in [0.3, 0.4) is 0 Å². The summed E-state index contributed by atoms with van der Waals surface area (Å²) in [4.78, 5) is 14.5.